The van der Waals surface area contributed by atoms with Crippen LogP contribution < -0.4 is 11.1 Å². The van der Waals surface area contributed by atoms with E-state index < -0.39 is 11.7 Å². The number of nitrogens with two attached hydrogens (primary N) is 1. The average molecular weight is 319 g/mol. The van der Waals surface area contributed by atoms with Crippen molar-refractivity contribution in [1.29, 1.82) is 0 Å². The number of alkyl carbamates (subject to hydrolysis) is 1. The van der Waals surface area contributed by atoms with E-state index in [-0.39, 0.29) is 6.04 Å². The molecule has 0 aliphatic carbocycles. The molecule has 3 N–H and O–H groups in total. The number of rotatable bonds is 11. The van der Waals surface area contributed by atoms with E-state index in [1.807, 2.05) is 20.8 Å². The van der Waals surface area contributed by atoms with Gasteiger partial charge in [0.2, 0.25) is 0 Å². The second-order valence-electron chi connectivity index (χ2n) is 6.15. The first kappa shape index (κ1) is 21.1. The minimum absolute atomic E-state index is 0.0412. The topological polar surface area (TPSA) is 86.0 Å². The number of hydrogen-bond acceptors (Lipinski definition) is 6. The Kier molecular flexibility index (Phi) is 11.2. The second kappa shape index (κ2) is 11.6. The molecule has 0 aromatic heterocycles. The van der Waals surface area contributed by atoms with Crippen molar-refractivity contribution in [2.24, 2.45) is 5.73 Å². The molecule has 22 heavy (non-hydrogen) atoms. The molecule has 0 radical (unpaired) electrons. The van der Waals surface area contributed by atoms with E-state index in [1.54, 1.807) is 14.2 Å². The van der Waals surface area contributed by atoms with Crippen LogP contribution in [0.15, 0.2) is 0 Å². The lowest BCUT2D eigenvalue weighted by molar-refractivity contribution is 0.0497. The number of carbonyl (C=O) groups excluding carboxylic acids is 1. The molecular formula is C15H33N3O4. The van der Waals surface area contributed by atoms with Crippen molar-refractivity contribution in [1.82, 2.24) is 10.2 Å². The van der Waals surface area contributed by atoms with Crippen LogP contribution in [0.4, 0.5) is 4.79 Å². The van der Waals surface area contributed by atoms with E-state index >= 15 is 0 Å². The van der Waals surface area contributed by atoms with Crippen molar-refractivity contribution < 1.29 is 19.0 Å². The number of amides is 1. The van der Waals surface area contributed by atoms with Gasteiger partial charge in [0, 0.05) is 53.0 Å². The van der Waals surface area contributed by atoms with E-state index in [1.165, 1.54) is 0 Å². The van der Waals surface area contributed by atoms with Crippen molar-refractivity contribution in [3.05, 3.63) is 0 Å². The zero-order valence-corrected chi connectivity index (χ0v) is 14.7. The minimum Gasteiger partial charge on any atom is -0.444 e. The zero-order valence-electron chi connectivity index (χ0n) is 14.7. The molecule has 0 bridgehead atoms. The molecule has 0 rings (SSSR count). The molecule has 0 spiro atoms. The van der Waals surface area contributed by atoms with E-state index in [9.17, 15) is 4.79 Å². The van der Waals surface area contributed by atoms with Crippen LogP contribution in [0.2, 0.25) is 0 Å². The molecule has 0 aromatic rings. The van der Waals surface area contributed by atoms with Crippen LogP contribution in [0.1, 0.15) is 27.2 Å². The summed E-state index contributed by atoms with van der Waals surface area (Å²) < 4.78 is 15.5. The predicted octanol–water partition coefficient (Wildman–Crippen LogP) is 0.823. The van der Waals surface area contributed by atoms with E-state index in [0.29, 0.717) is 26.3 Å². The van der Waals surface area contributed by atoms with Crippen LogP contribution in [0.3, 0.4) is 0 Å². The highest BCUT2D eigenvalue weighted by atomic mass is 16.6. The van der Waals surface area contributed by atoms with E-state index in [2.05, 4.69) is 10.2 Å². The summed E-state index contributed by atoms with van der Waals surface area (Å²) in [5.41, 5.74) is 5.35. The smallest absolute Gasteiger partial charge is 0.407 e. The lowest BCUT2D eigenvalue weighted by Crippen LogP contribution is -2.50. The summed E-state index contributed by atoms with van der Waals surface area (Å²) in [6, 6.07) is 0.0412. The summed E-state index contributed by atoms with van der Waals surface area (Å²) in [6.45, 7) is 9.33. The van der Waals surface area contributed by atoms with Gasteiger partial charge in [0.05, 0.1) is 6.61 Å². The summed E-state index contributed by atoms with van der Waals surface area (Å²) in [7, 11) is 3.35. The molecule has 0 aliphatic rings. The Labute approximate surface area is 134 Å². The van der Waals surface area contributed by atoms with Gasteiger partial charge in [-0.2, -0.15) is 0 Å². The number of carbonyl (C=O) groups is 1. The number of ether oxygens (including phenoxy) is 3. The first-order chi connectivity index (χ1) is 10.3. The third-order valence-corrected chi connectivity index (χ3v) is 3.05. The summed E-state index contributed by atoms with van der Waals surface area (Å²) in [4.78, 5) is 13.9. The van der Waals surface area contributed by atoms with Gasteiger partial charge in [-0.1, -0.05) is 0 Å². The Hall–Kier alpha value is -0.890. The lowest BCUT2D eigenvalue weighted by Gasteiger charge is -2.31. The van der Waals surface area contributed by atoms with Crippen LogP contribution >= 0.6 is 0 Å². The van der Waals surface area contributed by atoms with Crippen molar-refractivity contribution in [2.75, 3.05) is 53.6 Å². The Morgan fingerprint density at radius 3 is 2.32 bits per heavy atom. The van der Waals surface area contributed by atoms with Gasteiger partial charge < -0.3 is 25.3 Å². The lowest BCUT2D eigenvalue weighted by atomic mass is 10.2. The molecule has 132 valence electrons. The van der Waals surface area contributed by atoms with Gasteiger partial charge in [-0.25, -0.2) is 4.79 Å². The molecule has 0 aromatic carbocycles. The molecule has 1 atom stereocenters. The molecule has 0 saturated carbocycles. The highest BCUT2D eigenvalue weighted by molar-refractivity contribution is 5.67. The number of nitrogens with one attached hydrogen (secondary N) is 1. The van der Waals surface area contributed by atoms with Crippen LogP contribution in [0.5, 0.6) is 0 Å². The fourth-order valence-corrected chi connectivity index (χ4v) is 1.97. The van der Waals surface area contributed by atoms with Crippen molar-refractivity contribution >= 4 is 6.09 Å². The third-order valence-electron chi connectivity index (χ3n) is 3.05. The van der Waals surface area contributed by atoms with Crippen LogP contribution in [-0.2, 0) is 14.2 Å². The third kappa shape index (κ3) is 10.8. The maximum Gasteiger partial charge on any atom is 0.407 e. The first-order valence-electron chi connectivity index (χ1n) is 7.73. The van der Waals surface area contributed by atoms with Gasteiger partial charge in [-0.05, 0) is 27.2 Å². The van der Waals surface area contributed by atoms with Crippen molar-refractivity contribution in [3.63, 3.8) is 0 Å². The Morgan fingerprint density at radius 1 is 1.18 bits per heavy atom. The maximum absolute atomic E-state index is 11.7. The minimum atomic E-state index is -0.503. The molecule has 1 amide bonds. The van der Waals surface area contributed by atoms with Gasteiger partial charge in [0.25, 0.3) is 0 Å². The molecular weight excluding hydrogens is 286 g/mol. The van der Waals surface area contributed by atoms with Crippen molar-refractivity contribution in [3.8, 4) is 0 Å². The fourth-order valence-electron chi connectivity index (χ4n) is 1.97. The molecule has 0 saturated heterocycles. The van der Waals surface area contributed by atoms with E-state index in [0.717, 1.165) is 19.5 Å². The standard InChI is InChI=1S/C15H33N3O4/c1-15(2,3)22-14(19)17-12-13(11-16)18(8-10-21-5)7-6-9-20-4/h13H,6-12,16H2,1-5H3,(H,17,19). The number of hydrogen-bond donors (Lipinski definition) is 2. The maximum atomic E-state index is 11.7. The number of nitrogens with zero attached hydrogens (tertiary/aromatic N) is 1. The Bertz CT molecular complexity index is 295. The van der Waals surface area contributed by atoms with E-state index in [4.69, 9.17) is 19.9 Å². The summed E-state index contributed by atoms with van der Waals surface area (Å²) in [5.74, 6) is 0. The Balaban J connectivity index is 4.40. The Morgan fingerprint density at radius 2 is 1.82 bits per heavy atom. The van der Waals surface area contributed by atoms with Gasteiger partial charge in [-0.3, -0.25) is 4.90 Å². The van der Waals surface area contributed by atoms with Crippen LogP contribution in [-0.4, -0.2) is 76.2 Å². The molecule has 7 heteroatoms. The average Bonchev–Trinajstić information content (AvgIpc) is 2.42. The SMILES string of the molecule is COCCCN(CCOC)C(CN)CNC(=O)OC(C)(C)C. The van der Waals surface area contributed by atoms with Gasteiger partial charge in [0.15, 0.2) is 0 Å². The number of methoxy groups -OCH3 is 2. The fraction of sp³-hybridized carbons (Fsp3) is 0.933. The highest BCUT2D eigenvalue weighted by Gasteiger charge is 2.20. The zero-order chi connectivity index (χ0) is 17.0. The van der Waals surface area contributed by atoms with Crippen LogP contribution in [0, 0.1) is 0 Å². The van der Waals surface area contributed by atoms with Crippen LogP contribution in [0.25, 0.3) is 0 Å². The molecule has 7 nitrogen and oxygen atoms in total. The molecule has 0 heterocycles. The molecule has 1 unspecified atom stereocenters. The first-order valence-corrected chi connectivity index (χ1v) is 7.73. The van der Waals surface area contributed by atoms with Gasteiger partial charge >= 0.3 is 6.09 Å². The van der Waals surface area contributed by atoms with Gasteiger partial charge in [0.1, 0.15) is 5.60 Å². The normalized spacial score (nSPS) is 13.2. The molecule has 0 fully saturated rings. The second-order valence-corrected chi connectivity index (χ2v) is 6.15. The summed E-state index contributed by atoms with van der Waals surface area (Å²) in [6.07, 6.45) is 0.484. The largest absolute Gasteiger partial charge is 0.444 e. The molecule has 0 aliphatic heterocycles. The quantitative estimate of drug-likeness (QED) is 0.549. The summed E-state index contributed by atoms with van der Waals surface area (Å²) in [5, 5.41) is 2.78. The predicted molar refractivity (Wildman–Crippen MR) is 87.0 cm³/mol. The highest BCUT2D eigenvalue weighted by Crippen LogP contribution is 2.07. The van der Waals surface area contributed by atoms with Crippen molar-refractivity contribution in [2.45, 2.75) is 38.8 Å². The van der Waals surface area contributed by atoms with Gasteiger partial charge in [-0.15, -0.1) is 0 Å². The monoisotopic (exact) mass is 319 g/mol. The summed E-state index contributed by atoms with van der Waals surface area (Å²) >= 11 is 0.